The highest BCUT2D eigenvalue weighted by Crippen LogP contribution is 2.20. The molecule has 0 saturated carbocycles. The van der Waals surface area contributed by atoms with Gasteiger partial charge in [0, 0.05) is 11.8 Å². The average molecular weight is 342 g/mol. The van der Waals surface area contributed by atoms with Gasteiger partial charge in [0.05, 0.1) is 17.1 Å². The minimum Gasteiger partial charge on any atom is -0.462 e. The van der Waals surface area contributed by atoms with Crippen molar-refractivity contribution < 1.29 is 19.2 Å². The standard InChI is InChI=1S/C18H18N2O5/c1-2-3-11-25-18(22)13-7-6-8-14(12-13)19-17(21)15-9-4-5-10-16(15)20(23)24/h4-10,12H,2-3,11H2,1H3,(H,19,21). The molecule has 7 heteroatoms. The van der Waals surface area contributed by atoms with Crippen LogP contribution in [0, 0.1) is 10.1 Å². The number of benzene rings is 2. The summed E-state index contributed by atoms with van der Waals surface area (Å²) in [5.74, 6) is -1.10. The van der Waals surface area contributed by atoms with Crippen LogP contribution in [-0.4, -0.2) is 23.4 Å². The molecule has 2 aromatic rings. The molecule has 0 aromatic heterocycles. The third-order valence-electron chi connectivity index (χ3n) is 3.43. The fourth-order valence-corrected chi connectivity index (χ4v) is 2.14. The molecule has 1 amide bonds. The first-order valence-corrected chi connectivity index (χ1v) is 7.85. The van der Waals surface area contributed by atoms with Gasteiger partial charge in [0.25, 0.3) is 11.6 Å². The number of nitro benzene ring substituents is 1. The molecule has 25 heavy (non-hydrogen) atoms. The largest absolute Gasteiger partial charge is 0.462 e. The topological polar surface area (TPSA) is 98.5 Å². The molecule has 0 aliphatic heterocycles. The van der Waals surface area contributed by atoms with Gasteiger partial charge in [-0.1, -0.05) is 31.5 Å². The normalized spacial score (nSPS) is 10.1. The summed E-state index contributed by atoms with van der Waals surface area (Å²) in [5.41, 5.74) is 0.322. The van der Waals surface area contributed by atoms with Crippen molar-refractivity contribution in [1.82, 2.24) is 0 Å². The molecule has 0 aliphatic rings. The number of carbonyl (C=O) groups is 2. The molecule has 2 aromatic carbocycles. The Labute approximate surface area is 144 Å². The van der Waals surface area contributed by atoms with Gasteiger partial charge >= 0.3 is 5.97 Å². The number of nitrogens with zero attached hydrogens (tertiary/aromatic N) is 1. The van der Waals surface area contributed by atoms with Crippen molar-refractivity contribution in [3.63, 3.8) is 0 Å². The van der Waals surface area contributed by atoms with Gasteiger partial charge in [-0.15, -0.1) is 0 Å². The molecule has 0 bridgehead atoms. The van der Waals surface area contributed by atoms with Crippen molar-refractivity contribution in [2.75, 3.05) is 11.9 Å². The smallest absolute Gasteiger partial charge is 0.338 e. The average Bonchev–Trinajstić information content (AvgIpc) is 2.62. The highest BCUT2D eigenvalue weighted by atomic mass is 16.6. The summed E-state index contributed by atoms with van der Waals surface area (Å²) in [5, 5.41) is 13.6. The lowest BCUT2D eigenvalue weighted by Crippen LogP contribution is -2.14. The fourth-order valence-electron chi connectivity index (χ4n) is 2.14. The lowest BCUT2D eigenvalue weighted by atomic mass is 10.1. The molecule has 0 aliphatic carbocycles. The Kier molecular flexibility index (Phi) is 6.22. The van der Waals surface area contributed by atoms with Crippen molar-refractivity contribution >= 4 is 23.3 Å². The number of amides is 1. The SMILES string of the molecule is CCCCOC(=O)c1cccc(NC(=O)c2ccccc2[N+](=O)[O-])c1. The van der Waals surface area contributed by atoms with Crippen LogP contribution in [0.3, 0.4) is 0 Å². The van der Waals surface area contributed by atoms with Gasteiger partial charge in [-0.3, -0.25) is 14.9 Å². The van der Waals surface area contributed by atoms with E-state index in [-0.39, 0.29) is 11.3 Å². The van der Waals surface area contributed by atoms with Crippen molar-refractivity contribution in [3.8, 4) is 0 Å². The Morgan fingerprint density at radius 3 is 2.64 bits per heavy atom. The summed E-state index contributed by atoms with van der Waals surface area (Å²) >= 11 is 0. The van der Waals surface area contributed by atoms with Gasteiger partial charge in [0.1, 0.15) is 5.56 Å². The highest BCUT2D eigenvalue weighted by molar-refractivity contribution is 6.07. The number of ether oxygens (including phenoxy) is 1. The van der Waals surface area contributed by atoms with E-state index in [2.05, 4.69) is 5.32 Å². The van der Waals surface area contributed by atoms with Crippen LogP contribution in [0.5, 0.6) is 0 Å². The van der Waals surface area contributed by atoms with Crippen molar-refractivity contribution in [1.29, 1.82) is 0 Å². The zero-order chi connectivity index (χ0) is 18.2. The first-order valence-electron chi connectivity index (χ1n) is 7.85. The molecule has 130 valence electrons. The molecule has 0 spiro atoms. The maximum absolute atomic E-state index is 12.3. The Balaban J connectivity index is 2.13. The van der Waals surface area contributed by atoms with Crippen LogP contribution in [0.25, 0.3) is 0 Å². The predicted octanol–water partition coefficient (Wildman–Crippen LogP) is 3.80. The summed E-state index contributed by atoms with van der Waals surface area (Å²) in [4.78, 5) is 34.6. The summed E-state index contributed by atoms with van der Waals surface area (Å²) < 4.78 is 5.12. The zero-order valence-electron chi connectivity index (χ0n) is 13.7. The van der Waals surface area contributed by atoms with Crippen LogP contribution in [0.1, 0.15) is 40.5 Å². The van der Waals surface area contributed by atoms with E-state index in [4.69, 9.17) is 4.74 Å². The van der Waals surface area contributed by atoms with Crippen LogP contribution in [-0.2, 0) is 4.74 Å². The van der Waals surface area contributed by atoms with E-state index in [0.29, 0.717) is 17.9 Å². The molecular weight excluding hydrogens is 324 g/mol. The lowest BCUT2D eigenvalue weighted by molar-refractivity contribution is -0.385. The number of hydrogen-bond donors (Lipinski definition) is 1. The number of nitrogens with one attached hydrogen (secondary N) is 1. The number of nitro groups is 1. The Bertz CT molecular complexity index is 789. The minimum atomic E-state index is -0.621. The van der Waals surface area contributed by atoms with E-state index in [1.54, 1.807) is 24.3 Å². The summed E-state index contributed by atoms with van der Waals surface area (Å²) in [7, 11) is 0. The van der Waals surface area contributed by atoms with Gasteiger partial charge in [-0.2, -0.15) is 0 Å². The maximum Gasteiger partial charge on any atom is 0.338 e. The quantitative estimate of drug-likeness (QED) is 0.357. The number of anilines is 1. The van der Waals surface area contributed by atoms with Crippen LogP contribution in [0.4, 0.5) is 11.4 Å². The van der Waals surface area contributed by atoms with E-state index in [0.717, 1.165) is 12.8 Å². The van der Waals surface area contributed by atoms with E-state index < -0.39 is 16.8 Å². The zero-order valence-corrected chi connectivity index (χ0v) is 13.7. The van der Waals surface area contributed by atoms with E-state index in [1.807, 2.05) is 6.92 Å². The van der Waals surface area contributed by atoms with Crippen LogP contribution >= 0.6 is 0 Å². The molecule has 0 radical (unpaired) electrons. The Morgan fingerprint density at radius 2 is 1.92 bits per heavy atom. The van der Waals surface area contributed by atoms with E-state index >= 15 is 0 Å². The second-order valence-electron chi connectivity index (χ2n) is 5.30. The second kappa shape index (κ2) is 8.58. The van der Waals surface area contributed by atoms with Gasteiger partial charge < -0.3 is 10.1 Å². The molecule has 1 N–H and O–H groups in total. The number of rotatable bonds is 7. The van der Waals surface area contributed by atoms with E-state index in [9.17, 15) is 19.7 Å². The van der Waals surface area contributed by atoms with Gasteiger partial charge in [-0.05, 0) is 30.7 Å². The third kappa shape index (κ3) is 4.87. The van der Waals surface area contributed by atoms with E-state index in [1.165, 1.54) is 24.3 Å². The highest BCUT2D eigenvalue weighted by Gasteiger charge is 2.19. The minimum absolute atomic E-state index is 0.0524. The molecule has 0 saturated heterocycles. The molecular formula is C18H18N2O5. The van der Waals surface area contributed by atoms with Crippen molar-refractivity contribution in [3.05, 3.63) is 69.8 Å². The number of carbonyl (C=O) groups excluding carboxylic acids is 2. The number of esters is 1. The number of para-hydroxylation sites is 1. The number of unbranched alkanes of at least 4 members (excludes halogenated alkanes) is 1. The summed E-state index contributed by atoms with van der Waals surface area (Å²) in [6, 6.07) is 11.9. The van der Waals surface area contributed by atoms with Crippen molar-refractivity contribution in [2.45, 2.75) is 19.8 Å². The van der Waals surface area contributed by atoms with Gasteiger partial charge in [-0.25, -0.2) is 4.79 Å². The summed E-state index contributed by atoms with van der Waals surface area (Å²) in [6.45, 7) is 2.33. The molecule has 0 atom stereocenters. The summed E-state index contributed by atoms with van der Waals surface area (Å²) in [6.07, 6.45) is 1.69. The molecule has 0 fully saturated rings. The molecule has 0 unspecified atom stereocenters. The monoisotopic (exact) mass is 342 g/mol. The second-order valence-corrected chi connectivity index (χ2v) is 5.30. The first kappa shape index (κ1) is 18.1. The molecule has 7 nitrogen and oxygen atoms in total. The van der Waals surface area contributed by atoms with Gasteiger partial charge in [0.15, 0.2) is 0 Å². The predicted molar refractivity (Wildman–Crippen MR) is 92.7 cm³/mol. The molecule has 2 rings (SSSR count). The van der Waals surface area contributed by atoms with Crippen molar-refractivity contribution in [2.24, 2.45) is 0 Å². The maximum atomic E-state index is 12.3. The van der Waals surface area contributed by atoms with Crippen LogP contribution < -0.4 is 5.32 Å². The lowest BCUT2D eigenvalue weighted by Gasteiger charge is -2.08. The molecule has 0 heterocycles. The Hall–Kier alpha value is -3.22. The first-order chi connectivity index (χ1) is 12.0. The van der Waals surface area contributed by atoms with Crippen LogP contribution in [0.2, 0.25) is 0 Å². The van der Waals surface area contributed by atoms with Crippen LogP contribution in [0.15, 0.2) is 48.5 Å². The number of hydrogen-bond acceptors (Lipinski definition) is 5. The third-order valence-corrected chi connectivity index (χ3v) is 3.43. The fraction of sp³-hybridized carbons (Fsp3) is 0.222. The Morgan fingerprint density at radius 1 is 1.16 bits per heavy atom. The van der Waals surface area contributed by atoms with Gasteiger partial charge in [0.2, 0.25) is 0 Å².